The molecular formula is C12H15BrClNO2. The van der Waals surface area contributed by atoms with Crippen molar-refractivity contribution in [2.75, 3.05) is 0 Å². The van der Waals surface area contributed by atoms with Crippen LogP contribution in [-0.4, -0.2) is 17.1 Å². The molecule has 0 heterocycles. The standard InChI is InChI=1S/C12H15BrClNO2/c1-7(2)11(12(16)17)15-6-8-5-9(13)3-4-10(8)14/h3-5,7,11,15H,6H2,1-2H3,(H,16,17). The number of carboxylic acid groups (broad SMARTS) is 1. The highest BCUT2D eigenvalue weighted by Gasteiger charge is 2.20. The summed E-state index contributed by atoms with van der Waals surface area (Å²) in [6, 6.07) is 4.95. The Bertz CT molecular complexity index is 409. The number of hydrogen-bond donors (Lipinski definition) is 2. The lowest BCUT2D eigenvalue weighted by Crippen LogP contribution is -2.40. The second-order valence-corrected chi connectivity index (χ2v) is 5.50. The van der Waals surface area contributed by atoms with Crippen LogP contribution in [0.15, 0.2) is 22.7 Å². The van der Waals surface area contributed by atoms with Gasteiger partial charge in [-0.15, -0.1) is 0 Å². The molecule has 1 rings (SSSR count). The van der Waals surface area contributed by atoms with Gasteiger partial charge in [-0.1, -0.05) is 41.4 Å². The number of rotatable bonds is 5. The van der Waals surface area contributed by atoms with Crippen LogP contribution in [0.2, 0.25) is 5.02 Å². The maximum Gasteiger partial charge on any atom is 0.320 e. The third kappa shape index (κ3) is 4.30. The van der Waals surface area contributed by atoms with Crippen molar-refractivity contribution in [2.45, 2.75) is 26.4 Å². The van der Waals surface area contributed by atoms with E-state index in [9.17, 15) is 4.79 Å². The van der Waals surface area contributed by atoms with Gasteiger partial charge < -0.3 is 10.4 Å². The van der Waals surface area contributed by atoms with Crippen LogP contribution >= 0.6 is 27.5 Å². The van der Waals surface area contributed by atoms with Crippen LogP contribution in [0.5, 0.6) is 0 Å². The minimum atomic E-state index is -0.842. The van der Waals surface area contributed by atoms with Crippen LogP contribution in [0.25, 0.3) is 0 Å². The quantitative estimate of drug-likeness (QED) is 0.875. The van der Waals surface area contributed by atoms with Crippen molar-refractivity contribution >= 4 is 33.5 Å². The van der Waals surface area contributed by atoms with E-state index >= 15 is 0 Å². The number of benzene rings is 1. The molecular weight excluding hydrogens is 305 g/mol. The molecule has 1 aromatic carbocycles. The van der Waals surface area contributed by atoms with Crippen molar-refractivity contribution < 1.29 is 9.90 Å². The summed E-state index contributed by atoms with van der Waals surface area (Å²) < 4.78 is 0.926. The molecule has 17 heavy (non-hydrogen) atoms. The van der Waals surface area contributed by atoms with Gasteiger partial charge in [-0.05, 0) is 29.7 Å². The molecule has 0 saturated carbocycles. The Hall–Kier alpha value is -0.580. The van der Waals surface area contributed by atoms with E-state index in [1.54, 1.807) is 6.07 Å². The first-order chi connectivity index (χ1) is 7.91. The number of halogens is 2. The highest BCUT2D eigenvalue weighted by atomic mass is 79.9. The first kappa shape index (κ1) is 14.5. The molecule has 0 saturated heterocycles. The molecule has 1 aromatic rings. The van der Waals surface area contributed by atoms with Gasteiger partial charge in [-0.25, -0.2) is 0 Å². The number of aliphatic carboxylic acids is 1. The molecule has 0 fully saturated rings. The van der Waals surface area contributed by atoms with E-state index in [1.807, 2.05) is 26.0 Å². The number of nitrogens with one attached hydrogen (secondary N) is 1. The molecule has 1 unspecified atom stereocenters. The molecule has 0 amide bonds. The van der Waals surface area contributed by atoms with Crippen LogP contribution in [0.1, 0.15) is 19.4 Å². The summed E-state index contributed by atoms with van der Waals surface area (Å²) in [6.45, 7) is 4.18. The lowest BCUT2D eigenvalue weighted by molar-refractivity contribution is -0.140. The van der Waals surface area contributed by atoms with Gasteiger partial charge in [-0.3, -0.25) is 4.79 Å². The Balaban J connectivity index is 2.72. The van der Waals surface area contributed by atoms with Crippen molar-refractivity contribution in [3.8, 4) is 0 Å². The summed E-state index contributed by atoms with van der Waals surface area (Å²) in [7, 11) is 0. The van der Waals surface area contributed by atoms with Gasteiger partial charge in [0.15, 0.2) is 0 Å². The lowest BCUT2D eigenvalue weighted by atomic mass is 10.0. The fraction of sp³-hybridized carbons (Fsp3) is 0.417. The first-order valence-electron chi connectivity index (χ1n) is 5.32. The van der Waals surface area contributed by atoms with Gasteiger partial charge in [0.25, 0.3) is 0 Å². The first-order valence-corrected chi connectivity index (χ1v) is 6.49. The Morgan fingerprint density at radius 3 is 2.71 bits per heavy atom. The molecule has 1 atom stereocenters. The van der Waals surface area contributed by atoms with E-state index in [2.05, 4.69) is 21.2 Å². The summed E-state index contributed by atoms with van der Waals surface area (Å²) >= 11 is 9.39. The van der Waals surface area contributed by atoms with E-state index < -0.39 is 12.0 Å². The van der Waals surface area contributed by atoms with Crippen molar-refractivity contribution in [2.24, 2.45) is 5.92 Å². The van der Waals surface area contributed by atoms with Crippen LogP contribution in [0.3, 0.4) is 0 Å². The molecule has 0 aliphatic heterocycles. The van der Waals surface area contributed by atoms with Gasteiger partial charge in [0.1, 0.15) is 6.04 Å². The molecule has 5 heteroatoms. The van der Waals surface area contributed by atoms with E-state index in [-0.39, 0.29) is 5.92 Å². The monoisotopic (exact) mass is 319 g/mol. The van der Waals surface area contributed by atoms with Crippen molar-refractivity contribution in [1.82, 2.24) is 5.32 Å². The van der Waals surface area contributed by atoms with Crippen molar-refractivity contribution in [3.63, 3.8) is 0 Å². The third-order valence-corrected chi connectivity index (χ3v) is 3.31. The zero-order valence-corrected chi connectivity index (χ0v) is 12.0. The topological polar surface area (TPSA) is 49.3 Å². The summed E-state index contributed by atoms with van der Waals surface area (Å²) in [4.78, 5) is 11.0. The Morgan fingerprint density at radius 1 is 1.53 bits per heavy atom. The molecule has 2 N–H and O–H groups in total. The van der Waals surface area contributed by atoms with Crippen LogP contribution in [0, 0.1) is 5.92 Å². The Morgan fingerprint density at radius 2 is 2.18 bits per heavy atom. The van der Waals surface area contributed by atoms with Crippen LogP contribution in [-0.2, 0) is 11.3 Å². The summed E-state index contributed by atoms with van der Waals surface area (Å²) in [5.41, 5.74) is 0.882. The van der Waals surface area contributed by atoms with E-state index in [4.69, 9.17) is 16.7 Å². The second kappa shape index (κ2) is 6.38. The lowest BCUT2D eigenvalue weighted by Gasteiger charge is -2.18. The zero-order chi connectivity index (χ0) is 13.0. The summed E-state index contributed by atoms with van der Waals surface area (Å²) in [5, 5.41) is 12.7. The maximum atomic E-state index is 11.0. The van der Waals surface area contributed by atoms with E-state index in [1.165, 1.54) is 0 Å². The van der Waals surface area contributed by atoms with Gasteiger partial charge in [0.05, 0.1) is 0 Å². The smallest absolute Gasteiger partial charge is 0.320 e. The average Bonchev–Trinajstić information content (AvgIpc) is 2.22. The van der Waals surface area contributed by atoms with Crippen LogP contribution < -0.4 is 5.32 Å². The van der Waals surface area contributed by atoms with Gasteiger partial charge in [0, 0.05) is 16.0 Å². The average molecular weight is 321 g/mol. The fourth-order valence-electron chi connectivity index (χ4n) is 1.51. The fourth-order valence-corrected chi connectivity index (χ4v) is 2.10. The normalized spacial score (nSPS) is 12.8. The largest absolute Gasteiger partial charge is 0.480 e. The minimum absolute atomic E-state index is 0.0263. The highest BCUT2D eigenvalue weighted by Crippen LogP contribution is 2.21. The van der Waals surface area contributed by atoms with Gasteiger partial charge >= 0.3 is 5.97 Å². The van der Waals surface area contributed by atoms with Gasteiger partial charge in [-0.2, -0.15) is 0 Å². The maximum absolute atomic E-state index is 11.0. The van der Waals surface area contributed by atoms with E-state index in [0.717, 1.165) is 10.0 Å². The SMILES string of the molecule is CC(C)C(NCc1cc(Br)ccc1Cl)C(=O)O. The summed E-state index contributed by atoms with van der Waals surface area (Å²) in [6.07, 6.45) is 0. The Labute approximate surface area is 114 Å². The molecule has 0 aromatic heterocycles. The van der Waals surface area contributed by atoms with Gasteiger partial charge in [0.2, 0.25) is 0 Å². The van der Waals surface area contributed by atoms with E-state index in [0.29, 0.717) is 11.6 Å². The highest BCUT2D eigenvalue weighted by molar-refractivity contribution is 9.10. The zero-order valence-electron chi connectivity index (χ0n) is 9.71. The van der Waals surface area contributed by atoms with Crippen molar-refractivity contribution in [3.05, 3.63) is 33.3 Å². The molecule has 0 radical (unpaired) electrons. The van der Waals surface area contributed by atoms with Crippen LogP contribution in [0.4, 0.5) is 0 Å². The van der Waals surface area contributed by atoms with Crippen molar-refractivity contribution in [1.29, 1.82) is 0 Å². The molecule has 0 bridgehead atoms. The molecule has 0 aliphatic rings. The molecule has 94 valence electrons. The predicted molar refractivity (Wildman–Crippen MR) is 72.3 cm³/mol. The number of carbonyl (C=O) groups is 1. The summed E-state index contributed by atoms with van der Waals surface area (Å²) in [5.74, 6) is -0.815. The number of hydrogen-bond acceptors (Lipinski definition) is 2. The third-order valence-electron chi connectivity index (χ3n) is 2.45. The number of carboxylic acids is 1. The Kier molecular flexibility index (Phi) is 5.43. The molecule has 0 aliphatic carbocycles. The molecule has 0 spiro atoms. The minimum Gasteiger partial charge on any atom is -0.480 e. The second-order valence-electron chi connectivity index (χ2n) is 4.18. The predicted octanol–water partition coefficient (Wildman–Crippen LogP) is 3.30. The molecule has 3 nitrogen and oxygen atoms in total.